The molecule has 2 aliphatic carbocycles. The van der Waals surface area contributed by atoms with Gasteiger partial charge < -0.3 is 14.3 Å². The Bertz CT molecular complexity index is 1260. The molecule has 0 bridgehead atoms. The maximum absolute atomic E-state index is 13.5. The van der Waals surface area contributed by atoms with E-state index in [4.69, 9.17) is 9.52 Å². The average molecular weight is 426 g/mol. The van der Waals surface area contributed by atoms with Crippen LogP contribution in [-0.2, 0) is 16.8 Å². The number of pyridine rings is 1. The van der Waals surface area contributed by atoms with Crippen molar-refractivity contribution in [1.29, 1.82) is 4.78 Å². The standard InChI is InChI=1S/C23H27N3O3S/c1-26-13-20(18-10-11-25-22(18)23(26)27)19-12-17(30(24,28)16-4-2-3-5-16)8-9-21(19)29-14-15-6-7-15/h8-13,15-16,24-25H,2-7,14H2,1H3. The second-order valence-electron chi connectivity index (χ2n) is 8.64. The highest BCUT2D eigenvalue weighted by atomic mass is 32.2. The van der Waals surface area contributed by atoms with E-state index in [0.29, 0.717) is 28.7 Å². The number of ether oxygens (including phenoxy) is 1. The number of fused-ring (bicyclic) bond motifs is 1. The van der Waals surface area contributed by atoms with Crippen LogP contribution in [0.3, 0.4) is 0 Å². The minimum atomic E-state index is -2.89. The fourth-order valence-electron chi connectivity index (χ4n) is 4.42. The fourth-order valence-corrected chi connectivity index (χ4v) is 6.37. The van der Waals surface area contributed by atoms with E-state index in [2.05, 4.69) is 4.98 Å². The number of aromatic nitrogens is 2. The topological polar surface area (TPSA) is 87.9 Å². The van der Waals surface area contributed by atoms with Gasteiger partial charge >= 0.3 is 0 Å². The van der Waals surface area contributed by atoms with E-state index in [1.165, 1.54) is 12.8 Å². The van der Waals surface area contributed by atoms with Crippen LogP contribution in [0.2, 0.25) is 0 Å². The van der Waals surface area contributed by atoms with Crippen molar-refractivity contribution in [2.24, 2.45) is 13.0 Å². The van der Waals surface area contributed by atoms with Crippen LogP contribution in [0.25, 0.3) is 22.0 Å². The maximum Gasteiger partial charge on any atom is 0.274 e. The van der Waals surface area contributed by atoms with Crippen LogP contribution in [0.5, 0.6) is 5.75 Å². The SMILES string of the molecule is Cn1cc(-c2cc(S(=N)(=O)C3CCCC3)ccc2OCC2CC2)c2cc[nH]c2c1=O. The summed E-state index contributed by atoms with van der Waals surface area (Å²) in [5, 5.41) is 0.722. The molecule has 0 saturated heterocycles. The maximum atomic E-state index is 13.5. The molecule has 0 radical (unpaired) electrons. The van der Waals surface area contributed by atoms with E-state index in [1.807, 2.05) is 24.4 Å². The van der Waals surface area contributed by atoms with Gasteiger partial charge in [-0.15, -0.1) is 0 Å². The molecular formula is C23H27N3O3S. The van der Waals surface area contributed by atoms with Crippen LogP contribution in [-0.4, -0.2) is 25.6 Å². The van der Waals surface area contributed by atoms with Crippen molar-refractivity contribution >= 4 is 20.6 Å². The van der Waals surface area contributed by atoms with Crippen molar-refractivity contribution < 1.29 is 8.95 Å². The summed E-state index contributed by atoms with van der Waals surface area (Å²) in [4.78, 5) is 16.1. The van der Waals surface area contributed by atoms with Crippen LogP contribution in [0.15, 0.2) is 46.3 Å². The van der Waals surface area contributed by atoms with Gasteiger partial charge in [0.2, 0.25) is 0 Å². The predicted molar refractivity (Wildman–Crippen MR) is 119 cm³/mol. The van der Waals surface area contributed by atoms with E-state index in [9.17, 15) is 9.00 Å². The van der Waals surface area contributed by atoms with Crippen LogP contribution in [0.4, 0.5) is 0 Å². The molecule has 5 rings (SSSR count). The van der Waals surface area contributed by atoms with Crippen molar-refractivity contribution in [2.75, 3.05) is 6.61 Å². The highest BCUT2D eigenvalue weighted by Crippen LogP contribution is 2.39. The number of rotatable bonds is 6. The highest BCUT2D eigenvalue weighted by molar-refractivity contribution is 7.93. The minimum Gasteiger partial charge on any atom is -0.493 e. The molecule has 3 aromatic rings. The van der Waals surface area contributed by atoms with Crippen molar-refractivity contribution in [1.82, 2.24) is 9.55 Å². The van der Waals surface area contributed by atoms with Crippen molar-refractivity contribution in [3.8, 4) is 16.9 Å². The number of H-pyrrole nitrogens is 1. The lowest BCUT2D eigenvalue weighted by Gasteiger charge is -2.18. The zero-order chi connectivity index (χ0) is 20.9. The third-order valence-corrected chi connectivity index (χ3v) is 8.79. The van der Waals surface area contributed by atoms with E-state index in [-0.39, 0.29) is 10.8 Å². The Morgan fingerprint density at radius 3 is 2.67 bits per heavy atom. The van der Waals surface area contributed by atoms with Crippen molar-refractivity contribution in [2.45, 2.75) is 48.7 Å². The molecule has 2 fully saturated rings. The predicted octanol–water partition coefficient (Wildman–Crippen LogP) is 4.67. The van der Waals surface area contributed by atoms with Gasteiger partial charge in [0.05, 0.1) is 16.3 Å². The van der Waals surface area contributed by atoms with Crippen LogP contribution < -0.4 is 10.3 Å². The molecule has 0 aliphatic heterocycles. The summed E-state index contributed by atoms with van der Waals surface area (Å²) in [7, 11) is -1.17. The molecule has 2 saturated carbocycles. The molecule has 1 unspecified atom stereocenters. The molecule has 2 aromatic heterocycles. The second-order valence-corrected chi connectivity index (χ2v) is 11.0. The van der Waals surface area contributed by atoms with E-state index < -0.39 is 9.73 Å². The number of nitrogens with one attached hydrogen (secondary N) is 2. The number of aryl methyl sites for hydroxylation is 1. The molecule has 2 heterocycles. The highest BCUT2D eigenvalue weighted by Gasteiger charge is 2.29. The van der Waals surface area contributed by atoms with E-state index in [0.717, 1.165) is 42.2 Å². The zero-order valence-electron chi connectivity index (χ0n) is 17.1. The lowest BCUT2D eigenvalue weighted by molar-refractivity contribution is 0.301. The molecule has 2 N–H and O–H groups in total. The molecule has 1 aromatic carbocycles. The number of hydrogen-bond acceptors (Lipinski definition) is 4. The summed E-state index contributed by atoms with van der Waals surface area (Å²) >= 11 is 0. The first-order chi connectivity index (χ1) is 14.4. The second kappa shape index (κ2) is 7.30. The molecule has 30 heavy (non-hydrogen) atoms. The number of hydrogen-bond donors (Lipinski definition) is 2. The summed E-state index contributed by atoms with van der Waals surface area (Å²) in [5.41, 5.74) is 2.09. The Morgan fingerprint density at radius 2 is 1.93 bits per heavy atom. The summed E-state index contributed by atoms with van der Waals surface area (Å²) in [5.74, 6) is 1.32. The van der Waals surface area contributed by atoms with Gasteiger partial charge in [-0.05, 0) is 55.9 Å². The quantitative estimate of drug-likeness (QED) is 0.601. The summed E-state index contributed by atoms with van der Waals surface area (Å²) in [6, 6.07) is 7.41. The first kappa shape index (κ1) is 19.4. The van der Waals surface area contributed by atoms with Crippen LogP contribution >= 0.6 is 0 Å². The van der Waals surface area contributed by atoms with Gasteiger partial charge in [0.25, 0.3) is 5.56 Å². The Balaban J connectivity index is 1.67. The zero-order valence-corrected chi connectivity index (χ0v) is 18.0. The Labute approximate surface area is 176 Å². The Morgan fingerprint density at radius 1 is 1.17 bits per heavy atom. The molecular weight excluding hydrogens is 398 g/mol. The molecule has 6 nitrogen and oxygen atoms in total. The van der Waals surface area contributed by atoms with Gasteiger partial charge in [0, 0.05) is 46.1 Å². The molecule has 1 atom stereocenters. The van der Waals surface area contributed by atoms with Gasteiger partial charge in [0.1, 0.15) is 11.3 Å². The Hall–Kier alpha value is -2.54. The lowest BCUT2D eigenvalue weighted by atomic mass is 10.0. The van der Waals surface area contributed by atoms with Crippen molar-refractivity contribution in [3.05, 3.63) is 47.0 Å². The normalized spacial score (nSPS) is 19.2. The molecule has 0 spiro atoms. The third kappa shape index (κ3) is 3.35. The van der Waals surface area contributed by atoms with Crippen LogP contribution in [0.1, 0.15) is 38.5 Å². The monoisotopic (exact) mass is 425 g/mol. The van der Waals surface area contributed by atoms with Gasteiger partial charge in [-0.3, -0.25) is 4.79 Å². The smallest absolute Gasteiger partial charge is 0.274 e. The van der Waals surface area contributed by atoms with Gasteiger partial charge in [-0.25, -0.2) is 8.99 Å². The molecule has 158 valence electrons. The van der Waals surface area contributed by atoms with Gasteiger partial charge in [-0.1, -0.05) is 12.8 Å². The third-order valence-electron chi connectivity index (χ3n) is 6.43. The fraction of sp³-hybridized carbons (Fsp3) is 0.435. The summed E-state index contributed by atoms with van der Waals surface area (Å²) < 4.78 is 29.9. The Kier molecular flexibility index (Phi) is 4.73. The minimum absolute atomic E-state index is 0.0870. The molecule has 7 heteroatoms. The van der Waals surface area contributed by atoms with Gasteiger partial charge in [-0.2, -0.15) is 0 Å². The van der Waals surface area contributed by atoms with Crippen LogP contribution in [0, 0.1) is 10.7 Å². The molecule has 2 aliphatic rings. The first-order valence-corrected chi connectivity index (χ1v) is 12.3. The van der Waals surface area contributed by atoms with E-state index >= 15 is 0 Å². The first-order valence-electron chi connectivity index (χ1n) is 10.7. The molecule has 0 amide bonds. The number of benzene rings is 1. The average Bonchev–Trinajstić information content (AvgIpc) is 3.19. The van der Waals surface area contributed by atoms with E-state index in [1.54, 1.807) is 23.9 Å². The number of nitrogens with zero attached hydrogens (tertiary/aromatic N) is 1. The number of aromatic amines is 1. The van der Waals surface area contributed by atoms with Gasteiger partial charge in [0.15, 0.2) is 0 Å². The largest absolute Gasteiger partial charge is 0.493 e. The summed E-state index contributed by atoms with van der Waals surface area (Å²) in [6.45, 7) is 0.660. The lowest BCUT2D eigenvalue weighted by Crippen LogP contribution is -2.17. The van der Waals surface area contributed by atoms with Crippen molar-refractivity contribution in [3.63, 3.8) is 0 Å². The summed E-state index contributed by atoms with van der Waals surface area (Å²) in [6.07, 6.45) is 9.73.